The third kappa shape index (κ3) is 3.71. The maximum absolute atomic E-state index is 6.02. The highest BCUT2D eigenvalue weighted by molar-refractivity contribution is 7.73. The lowest BCUT2D eigenvalue weighted by Gasteiger charge is -2.23. The second-order valence-corrected chi connectivity index (χ2v) is 7.99. The van der Waals surface area contributed by atoms with Crippen LogP contribution in [0.4, 0.5) is 0 Å². The molecule has 21 heavy (non-hydrogen) atoms. The van der Waals surface area contributed by atoms with Gasteiger partial charge in [-0.15, -0.1) is 0 Å². The van der Waals surface area contributed by atoms with Crippen LogP contribution < -0.4 is 10.6 Å². The van der Waals surface area contributed by atoms with Crippen LogP contribution in [0.25, 0.3) is 0 Å². The van der Waals surface area contributed by atoms with Crippen molar-refractivity contribution < 1.29 is 9.47 Å². The normalized spacial score (nSPS) is 20.8. The van der Waals surface area contributed by atoms with Crippen LogP contribution in [-0.4, -0.2) is 24.7 Å². The van der Waals surface area contributed by atoms with Gasteiger partial charge in [-0.3, -0.25) is 0 Å². The van der Waals surface area contributed by atoms with Crippen molar-refractivity contribution in [1.82, 2.24) is 0 Å². The molecule has 0 aliphatic carbocycles. The molecule has 2 aromatic rings. The van der Waals surface area contributed by atoms with Crippen LogP contribution >= 0.6 is 7.92 Å². The second kappa shape index (κ2) is 6.27. The summed E-state index contributed by atoms with van der Waals surface area (Å²) in [6.45, 7) is 4.66. The summed E-state index contributed by atoms with van der Waals surface area (Å²) in [7, 11) is -0.408. The van der Waals surface area contributed by atoms with E-state index < -0.39 is 13.7 Å². The van der Waals surface area contributed by atoms with E-state index in [0.29, 0.717) is 6.61 Å². The van der Waals surface area contributed by atoms with Crippen molar-refractivity contribution >= 4 is 18.5 Å². The van der Waals surface area contributed by atoms with Crippen LogP contribution in [0.15, 0.2) is 60.7 Å². The van der Waals surface area contributed by atoms with Gasteiger partial charge in [0.05, 0.1) is 12.7 Å². The SMILES string of the molecule is CC1(C)OCC(CP(c2ccccc2)c2ccccc2)O1. The molecule has 1 aliphatic rings. The first-order valence-electron chi connectivity index (χ1n) is 7.33. The number of ether oxygens (including phenoxy) is 2. The Morgan fingerprint density at radius 1 is 0.952 bits per heavy atom. The van der Waals surface area contributed by atoms with Crippen LogP contribution in [-0.2, 0) is 9.47 Å². The summed E-state index contributed by atoms with van der Waals surface area (Å²) in [5.41, 5.74) is 0. The number of benzene rings is 2. The van der Waals surface area contributed by atoms with Crippen LogP contribution in [0.5, 0.6) is 0 Å². The molecule has 0 aromatic heterocycles. The average Bonchev–Trinajstić information content (AvgIpc) is 2.86. The van der Waals surface area contributed by atoms with Gasteiger partial charge in [0.15, 0.2) is 5.79 Å². The minimum absolute atomic E-state index is 0.173. The Labute approximate surface area is 127 Å². The summed E-state index contributed by atoms with van der Waals surface area (Å²) in [5.74, 6) is -0.445. The van der Waals surface area contributed by atoms with E-state index in [2.05, 4.69) is 60.7 Å². The molecule has 1 aliphatic heterocycles. The third-order valence-corrected chi connectivity index (χ3v) is 6.20. The van der Waals surface area contributed by atoms with E-state index in [9.17, 15) is 0 Å². The van der Waals surface area contributed by atoms with Crippen LogP contribution in [0.1, 0.15) is 13.8 Å². The Morgan fingerprint density at radius 2 is 1.48 bits per heavy atom. The summed E-state index contributed by atoms with van der Waals surface area (Å²) < 4.78 is 11.7. The molecule has 3 heteroatoms. The zero-order valence-electron chi connectivity index (χ0n) is 12.5. The van der Waals surface area contributed by atoms with E-state index >= 15 is 0 Å². The molecule has 1 unspecified atom stereocenters. The van der Waals surface area contributed by atoms with Crippen LogP contribution in [0.3, 0.4) is 0 Å². The summed E-state index contributed by atoms with van der Waals surface area (Å²) in [6.07, 6.45) is 1.18. The zero-order chi connectivity index (χ0) is 14.7. The van der Waals surface area contributed by atoms with E-state index in [1.54, 1.807) is 0 Å². The molecule has 1 saturated heterocycles. The third-order valence-electron chi connectivity index (χ3n) is 3.59. The van der Waals surface area contributed by atoms with E-state index in [1.165, 1.54) is 10.6 Å². The van der Waals surface area contributed by atoms with Gasteiger partial charge < -0.3 is 9.47 Å². The lowest BCUT2D eigenvalue weighted by atomic mass is 10.4. The Hall–Kier alpha value is -1.21. The number of rotatable bonds is 4. The van der Waals surface area contributed by atoms with Gasteiger partial charge in [0.25, 0.3) is 0 Å². The van der Waals surface area contributed by atoms with Crippen molar-refractivity contribution in [2.24, 2.45) is 0 Å². The minimum Gasteiger partial charge on any atom is -0.348 e. The number of hydrogen-bond donors (Lipinski definition) is 0. The first-order valence-corrected chi connectivity index (χ1v) is 8.86. The molecule has 0 radical (unpaired) electrons. The van der Waals surface area contributed by atoms with E-state index in [0.717, 1.165) is 6.16 Å². The molecular weight excluding hydrogens is 279 g/mol. The Morgan fingerprint density at radius 3 is 1.90 bits per heavy atom. The van der Waals surface area contributed by atoms with Gasteiger partial charge in [-0.05, 0) is 32.4 Å². The molecule has 0 N–H and O–H groups in total. The fraction of sp³-hybridized carbons (Fsp3) is 0.333. The molecular formula is C18H21O2P. The highest BCUT2D eigenvalue weighted by atomic mass is 31.1. The van der Waals surface area contributed by atoms with Crippen molar-refractivity contribution in [1.29, 1.82) is 0 Å². The smallest absolute Gasteiger partial charge is 0.163 e. The maximum Gasteiger partial charge on any atom is 0.163 e. The molecule has 2 nitrogen and oxygen atoms in total. The second-order valence-electron chi connectivity index (χ2n) is 5.73. The maximum atomic E-state index is 6.02. The fourth-order valence-corrected chi connectivity index (χ4v) is 5.00. The van der Waals surface area contributed by atoms with Gasteiger partial charge in [0.2, 0.25) is 0 Å². The van der Waals surface area contributed by atoms with Crippen molar-refractivity contribution in [2.45, 2.75) is 25.7 Å². The lowest BCUT2D eigenvalue weighted by Crippen LogP contribution is -2.26. The average molecular weight is 300 g/mol. The fourth-order valence-electron chi connectivity index (χ4n) is 2.63. The molecule has 0 spiro atoms. The Bertz CT molecular complexity index is 529. The molecule has 3 rings (SSSR count). The summed E-state index contributed by atoms with van der Waals surface area (Å²) in [5, 5.41) is 2.79. The molecule has 110 valence electrons. The van der Waals surface area contributed by atoms with Crippen molar-refractivity contribution in [3.05, 3.63) is 60.7 Å². The highest BCUT2D eigenvalue weighted by Gasteiger charge is 2.34. The van der Waals surface area contributed by atoms with Gasteiger partial charge in [-0.25, -0.2) is 0 Å². The van der Waals surface area contributed by atoms with Crippen molar-refractivity contribution in [3.8, 4) is 0 Å². The molecule has 1 heterocycles. The van der Waals surface area contributed by atoms with Crippen LogP contribution in [0.2, 0.25) is 0 Å². The quantitative estimate of drug-likeness (QED) is 0.807. The van der Waals surface area contributed by atoms with Crippen molar-refractivity contribution in [3.63, 3.8) is 0 Å². The lowest BCUT2D eigenvalue weighted by molar-refractivity contribution is -0.135. The first-order chi connectivity index (χ1) is 10.1. The Kier molecular flexibility index (Phi) is 4.40. The molecule has 1 fully saturated rings. The molecule has 0 bridgehead atoms. The minimum atomic E-state index is -0.445. The van der Waals surface area contributed by atoms with Gasteiger partial charge in [0.1, 0.15) is 0 Å². The van der Waals surface area contributed by atoms with Gasteiger partial charge >= 0.3 is 0 Å². The molecule has 0 saturated carbocycles. The van der Waals surface area contributed by atoms with Crippen LogP contribution in [0, 0.1) is 0 Å². The predicted octanol–water partition coefficient (Wildman–Crippen LogP) is 3.27. The van der Waals surface area contributed by atoms with Gasteiger partial charge in [0, 0.05) is 6.16 Å². The van der Waals surface area contributed by atoms with E-state index in [-0.39, 0.29) is 6.10 Å². The molecule has 2 aromatic carbocycles. The topological polar surface area (TPSA) is 18.5 Å². The predicted molar refractivity (Wildman–Crippen MR) is 88.8 cm³/mol. The molecule has 0 amide bonds. The number of hydrogen-bond acceptors (Lipinski definition) is 2. The summed E-state index contributed by atoms with van der Waals surface area (Å²) in [6, 6.07) is 21.5. The molecule has 1 atom stereocenters. The van der Waals surface area contributed by atoms with Crippen molar-refractivity contribution in [2.75, 3.05) is 12.8 Å². The standard InChI is InChI=1S/C18H21O2P/c1-18(2)19-13-15(20-18)14-21(16-9-5-3-6-10-16)17-11-7-4-8-12-17/h3-12,15H,13-14H2,1-2H3. The zero-order valence-corrected chi connectivity index (χ0v) is 13.4. The highest BCUT2D eigenvalue weighted by Crippen LogP contribution is 2.37. The summed E-state index contributed by atoms with van der Waals surface area (Å²) in [4.78, 5) is 0. The van der Waals surface area contributed by atoms with E-state index in [1.807, 2.05) is 13.8 Å². The van der Waals surface area contributed by atoms with E-state index in [4.69, 9.17) is 9.47 Å². The summed E-state index contributed by atoms with van der Waals surface area (Å²) >= 11 is 0. The monoisotopic (exact) mass is 300 g/mol. The Balaban J connectivity index is 1.84. The van der Waals surface area contributed by atoms with Gasteiger partial charge in [-0.1, -0.05) is 60.7 Å². The van der Waals surface area contributed by atoms with Gasteiger partial charge in [-0.2, -0.15) is 0 Å². The first kappa shape index (κ1) is 14.7. The largest absolute Gasteiger partial charge is 0.348 e.